The Morgan fingerprint density at radius 3 is 2.45 bits per heavy atom. The molecule has 6 rings (SSSR count). The summed E-state index contributed by atoms with van der Waals surface area (Å²) in [5.74, 6) is -1.12. The van der Waals surface area contributed by atoms with Crippen LogP contribution in [0.5, 0.6) is 0 Å². The summed E-state index contributed by atoms with van der Waals surface area (Å²) in [6.45, 7) is 2.85. The van der Waals surface area contributed by atoms with Crippen molar-refractivity contribution in [2.75, 3.05) is 51.5 Å². The molecule has 0 spiro atoms. The van der Waals surface area contributed by atoms with E-state index in [-0.39, 0.29) is 58.4 Å². The third kappa shape index (κ3) is 7.68. The smallest absolute Gasteiger partial charge is 0.397 e. The number of nitrogen functional groups attached to an aromatic ring is 1. The highest BCUT2D eigenvalue weighted by Crippen LogP contribution is 2.36. The van der Waals surface area contributed by atoms with E-state index in [4.69, 9.17) is 17.3 Å². The predicted molar refractivity (Wildman–Crippen MR) is 171 cm³/mol. The lowest BCUT2D eigenvalue weighted by molar-refractivity contribution is -0.140. The van der Waals surface area contributed by atoms with Crippen LogP contribution >= 0.6 is 11.6 Å². The van der Waals surface area contributed by atoms with Gasteiger partial charge >= 0.3 is 6.18 Å². The summed E-state index contributed by atoms with van der Waals surface area (Å²) in [5, 5.41) is 16.2. The van der Waals surface area contributed by atoms with Crippen molar-refractivity contribution in [1.29, 1.82) is 0 Å². The van der Waals surface area contributed by atoms with Gasteiger partial charge in [-0.2, -0.15) is 18.3 Å². The number of carbonyl (C=O) groups is 3. The van der Waals surface area contributed by atoms with Crippen LogP contribution in [-0.4, -0.2) is 114 Å². The number of aromatic amines is 1. The van der Waals surface area contributed by atoms with Gasteiger partial charge in [-0.05, 0) is 36.2 Å². The molecule has 2 aliphatic heterocycles. The van der Waals surface area contributed by atoms with Gasteiger partial charge in [0.15, 0.2) is 17.3 Å². The number of nitrogens with zero attached hydrogens (tertiary/aromatic N) is 7. The lowest BCUT2D eigenvalue weighted by Gasteiger charge is -2.35. The van der Waals surface area contributed by atoms with Crippen LogP contribution in [0.2, 0.25) is 5.02 Å². The fourth-order valence-corrected chi connectivity index (χ4v) is 5.97. The number of benzene rings is 1. The van der Waals surface area contributed by atoms with Crippen molar-refractivity contribution in [3.63, 3.8) is 0 Å². The zero-order valence-corrected chi connectivity index (χ0v) is 26.7. The Balaban J connectivity index is 1.05. The maximum atomic E-state index is 13.8. The van der Waals surface area contributed by atoms with E-state index in [9.17, 15) is 32.7 Å². The molecule has 1 aromatic carbocycles. The quantitative estimate of drug-likeness (QED) is 0.215. The topological polar surface area (TPSA) is 179 Å². The van der Waals surface area contributed by atoms with E-state index in [2.05, 4.69) is 25.4 Å². The van der Waals surface area contributed by atoms with Gasteiger partial charge in [0.2, 0.25) is 5.91 Å². The largest absolute Gasteiger partial charge is 0.435 e. The minimum Gasteiger partial charge on any atom is -0.397 e. The Morgan fingerprint density at radius 1 is 1.04 bits per heavy atom. The zero-order valence-electron chi connectivity index (χ0n) is 26.0. The molecular weight excluding hydrogens is 669 g/mol. The van der Waals surface area contributed by atoms with Crippen LogP contribution in [0.15, 0.2) is 48.9 Å². The van der Waals surface area contributed by atoms with Gasteiger partial charge in [0.1, 0.15) is 0 Å². The number of aliphatic hydroxyl groups excluding tert-OH is 1. The minimum atomic E-state index is -4.80. The lowest BCUT2D eigenvalue weighted by atomic mass is 10.1. The van der Waals surface area contributed by atoms with Crippen LogP contribution in [0.4, 0.5) is 18.9 Å². The zero-order chi connectivity index (χ0) is 34.9. The number of hydrogen-bond donors (Lipinski definition) is 4. The van der Waals surface area contributed by atoms with Crippen molar-refractivity contribution in [2.24, 2.45) is 0 Å². The Hall–Kier alpha value is -5.00. The molecule has 5 heterocycles. The van der Waals surface area contributed by atoms with Gasteiger partial charge in [-0.15, -0.1) is 0 Å². The highest BCUT2D eigenvalue weighted by molar-refractivity contribution is 6.33. The Labute approximate surface area is 282 Å². The molecule has 1 atom stereocenters. The number of aliphatic hydroxyl groups is 1. The average molecular weight is 701 g/mol. The summed E-state index contributed by atoms with van der Waals surface area (Å²) >= 11 is 6.46. The Kier molecular flexibility index (Phi) is 9.58. The van der Waals surface area contributed by atoms with Gasteiger partial charge in [-0.1, -0.05) is 17.7 Å². The normalized spacial score (nSPS) is 17.0. The van der Waals surface area contributed by atoms with Crippen LogP contribution in [0.3, 0.4) is 0 Å². The third-order valence-electron chi connectivity index (χ3n) is 8.31. The van der Waals surface area contributed by atoms with Crippen molar-refractivity contribution in [3.8, 4) is 17.1 Å². The number of rotatable bonds is 8. The molecule has 0 radical (unpaired) electrons. The number of aromatic nitrogens is 5. The van der Waals surface area contributed by atoms with Crippen molar-refractivity contribution < 1.29 is 32.7 Å². The number of imidazole rings is 1. The van der Waals surface area contributed by atoms with E-state index in [0.717, 1.165) is 17.1 Å². The molecule has 2 saturated heterocycles. The number of anilines is 1. The van der Waals surface area contributed by atoms with Crippen molar-refractivity contribution >= 4 is 35.0 Å². The predicted octanol–water partition coefficient (Wildman–Crippen LogP) is 2.19. The average Bonchev–Trinajstić information content (AvgIpc) is 3.84. The number of hydrogen-bond acceptors (Lipinski definition) is 9. The number of pyridine rings is 1. The highest BCUT2D eigenvalue weighted by atomic mass is 35.5. The van der Waals surface area contributed by atoms with E-state index in [1.807, 2.05) is 4.90 Å². The number of piperazine rings is 1. The van der Waals surface area contributed by atoms with Crippen molar-refractivity contribution in [1.82, 2.24) is 44.7 Å². The first-order valence-electron chi connectivity index (χ1n) is 15.3. The summed E-state index contributed by atoms with van der Waals surface area (Å²) < 4.78 is 42.5. The second-order valence-electron chi connectivity index (χ2n) is 11.8. The molecule has 5 N–H and O–H groups in total. The molecule has 2 fully saturated rings. The van der Waals surface area contributed by atoms with Crippen molar-refractivity contribution in [3.05, 3.63) is 76.6 Å². The first-order valence-corrected chi connectivity index (χ1v) is 15.7. The van der Waals surface area contributed by atoms with Gasteiger partial charge in [0.25, 0.3) is 11.8 Å². The van der Waals surface area contributed by atoms with Gasteiger partial charge in [-0.25, -0.2) is 14.6 Å². The first-order chi connectivity index (χ1) is 23.4. The maximum absolute atomic E-state index is 13.8. The molecule has 18 heteroatoms. The van der Waals surface area contributed by atoms with Crippen LogP contribution in [0, 0.1) is 0 Å². The van der Waals surface area contributed by atoms with Crippen molar-refractivity contribution in [2.45, 2.75) is 25.2 Å². The van der Waals surface area contributed by atoms with Crippen LogP contribution < -0.4 is 11.1 Å². The summed E-state index contributed by atoms with van der Waals surface area (Å²) in [5.41, 5.74) is 5.18. The molecular formula is C31H32ClF3N10O4. The number of halogens is 4. The molecule has 3 amide bonds. The molecule has 0 aliphatic carbocycles. The second-order valence-corrected chi connectivity index (χ2v) is 12.2. The Morgan fingerprint density at radius 2 is 1.80 bits per heavy atom. The fourth-order valence-electron chi connectivity index (χ4n) is 5.69. The number of likely N-dealkylation sites (tertiary alicyclic amines) is 1. The molecule has 0 unspecified atom stereocenters. The van der Waals surface area contributed by atoms with Gasteiger partial charge in [0.05, 0.1) is 52.6 Å². The number of nitrogens with one attached hydrogen (secondary N) is 2. The molecule has 3 aromatic heterocycles. The second kappa shape index (κ2) is 13.9. The van der Waals surface area contributed by atoms with Crippen LogP contribution in [-0.2, 0) is 17.5 Å². The molecule has 0 saturated carbocycles. The van der Waals surface area contributed by atoms with Gasteiger partial charge < -0.3 is 30.9 Å². The van der Waals surface area contributed by atoms with E-state index in [1.165, 1.54) is 18.3 Å². The Bertz CT molecular complexity index is 1850. The van der Waals surface area contributed by atoms with Gasteiger partial charge in [-0.3, -0.25) is 19.3 Å². The summed E-state index contributed by atoms with van der Waals surface area (Å²) in [7, 11) is 0. The molecule has 4 aromatic rings. The minimum absolute atomic E-state index is 0.00751. The number of amides is 3. The monoisotopic (exact) mass is 700 g/mol. The number of nitrogens with two attached hydrogens (primary N) is 1. The molecule has 14 nitrogen and oxygen atoms in total. The summed E-state index contributed by atoms with van der Waals surface area (Å²) in [6, 6.07) is 7.63. The van der Waals surface area contributed by atoms with E-state index < -0.39 is 23.9 Å². The molecule has 49 heavy (non-hydrogen) atoms. The summed E-state index contributed by atoms with van der Waals surface area (Å²) in [6.07, 6.45) is -1.03. The summed E-state index contributed by atoms with van der Waals surface area (Å²) in [4.78, 5) is 54.6. The molecule has 2 aliphatic rings. The lowest BCUT2D eigenvalue weighted by Crippen LogP contribution is -2.52. The number of β-amino-alcohol motifs (C(OH)–C–C–N with tert-alkyl or cyclic N) is 1. The van der Waals surface area contributed by atoms with E-state index in [1.54, 1.807) is 28.0 Å². The third-order valence-corrected chi connectivity index (χ3v) is 8.62. The molecule has 258 valence electrons. The maximum Gasteiger partial charge on any atom is 0.435 e. The van der Waals surface area contributed by atoms with Crippen LogP contribution in [0.1, 0.15) is 38.7 Å². The number of carbonyl (C=O) groups excluding carboxylic acids is 3. The standard InChI is InChI=1S/C31H32ClF3N10O4/c32-23-11-18(1-3-21(23)30(49)44-9-7-43(8-10-44)26(47)17-42-6-5-20(46)15-42)12-39-29(48)28-38-14-24(40-28)22-16-45(41-27(22)31(33,34)35)25-4-2-19(36)13-37-25/h1-4,11,13-14,16,20,46H,5-10,12,15,17,36H2,(H,38,40)(H,39,48)/t20-/m0/s1. The van der Waals surface area contributed by atoms with Crippen LogP contribution in [0.25, 0.3) is 17.1 Å². The fraction of sp³-hybridized carbons (Fsp3) is 0.355. The van der Waals surface area contributed by atoms with Gasteiger partial charge in [0, 0.05) is 52.0 Å². The van der Waals surface area contributed by atoms with E-state index >= 15 is 0 Å². The highest BCUT2D eigenvalue weighted by Gasteiger charge is 2.38. The van der Waals surface area contributed by atoms with E-state index in [0.29, 0.717) is 56.9 Å². The number of alkyl halides is 3. The SMILES string of the molecule is Nc1ccc(-n2cc(-c3cnc(C(=O)NCc4ccc(C(=O)N5CCN(C(=O)CN6CC[C@H](O)C6)CC5)c(Cl)c4)[nH]3)c(C(F)(F)F)n2)nc1. The number of H-pyrrole nitrogens is 1. The first kappa shape index (κ1) is 33.9. The molecule has 0 bridgehead atoms.